The second-order valence-corrected chi connectivity index (χ2v) is 3.31. The van der Waals surface area contributed by atoms with E-state index in [0.717, 1.165) is 0 Å². The molecule has 0 aliphatic carbocycles. The summed E-state index contributed by atoms with van der Waals surface area (Å²) in [5.41, 5.74) is 0. The van der Waals surface area contributed by atoms with Gasteiger partial charge < -0.3 is 0 Å². The maximum Gasteiger partial charge on any atom is 0.178 e. The highest BCUT2D eigenvalue weighted by Gasteiger charge is 1.91. The topological polar surface area (TPSA) is 34.1 Å². The molecule has 8 heavy (non-hydrogen) atoms. The van der Waals surface area contributed by atoms with Crippen LogP contribution in [0.3, 0.4) is 0 Å². The first kappa shape index (κ1) is 5.78. The Balaban J connectivity index is 3.11. The average molecular weight is 147 g/mol. The predicted octanol–water partition coefficient (Wildman–Crippen LogP) is 0.519. The zero-order chi connectivity index (χ0) is 5.98. The van der Waals surface area contributed by atoms with Crippen molar-refractivity contribution in [2.75, 3.05) is 0 Å². The Morgan fingerprint density at radius 1 is 1.62 bits per heavy atom. The van der Waals surface area contributed by atoms with Crippen LogP contribution in [-0.4, -0.2) is 8.42 Å². The predicted molar refractivity (Wildman–Crippen MR) is 31.7 cm³/mol. The lowest BCUT2D eigenvalue weighted by atomic mass is 10.7. The molecule has 2 nitrogen and oxygen atoms in total. The van der Waals surface area contributed by atoms with E-state index in [1.165, 1.54) is 11.3 Å². The second kappa shape index (κ2) is 2.28. The van der Waals surface area contributed by atoms with Gasteiger partial charge in [0.2, 0.25) is 0 Å². The van der Waals surface area contributed by atoms with Crippen LogP contribution in [0.15, 0.2) is 15.7 Å². The maximum atomic E-state index is 10.1. The van der Waals surface area contributed by atoms with E-state index in [9.17, 15) is 8.42 Å². The molecule has 43 valence electrons. The van der Waals surface area contributed by atoms with Crippen LogP contribution < -0.4 is 0 Å². The molecule has 0 aromatic carbocycles. The normalized spacial score (nSPS) is 10.1. The van der Waals surface area contributed by atoms with Crippen LogP contribution in [0.1, 0.15) is 0 Å². The summed E-state index contributed by atoms with van der Waals surface area (Å²) in [7, 11) is -2.40. The zero-order valence-electron chi connectivity index (χ0n) is 3.83. The fraction of sp³-hybridized carbons (Fsp3) is 0. The van der Waals surface area contributed by atoms with Gasteiger partial charge in [-0.05, 0) is 11.4 Å². The van der Waals surface area contributed by atoms with Gasteiger partial charge in [-0.2, -0.15) is 0 Å². The molecule has 0 aliphatic rings. The molecule has 0 aliphatic heterocycles. The first-order valence-electron chi connectivity index (χ1n) is 1.90. The van der Waals surface area contributed by atoms with Gasteiger partial charge in [0.05, 0.1) is 0 Å². The summed E-state index contributed by atoms with van der Waals surface area (Å²) in [6.07, 6.45) is 0. The van der Waals surface area contributed by atoms with E-state index in [-0.39, 0.29) is 0 Å². The molecule has 0 bridgehead atoms. The van der Waals surface area contributed by atoms with Gasteiger partial charge in [0, 0.05) is 6.07 Å². The Morgan fingerprint density at radius 3 is 2.62 bits per heavy atom. The fourth-order valence-electron chi connectivity index (χ4n) is 0.334. The van der Waals surface area contributed by atoms with Crippen molar-refractivity contribution in [1.82, 2.24) is 0 Å². The smallest absolute Gasteiger partial charge is 0.178 e. The fourth-order valence-corrected chi connectivity index (χ4v) is 1.44. The van der Waals surface area contributed by atoms with Crippen LogP contribution >= 0.6 is 11.3 Å². The average Bonchev–Trinajstić information content (AvgIpc) is 2.12. The van der Waals surface area contributed by atoms with Crippen molar-refractivity contribution in [3.63, 3.8) is 0 Å². The maximum absolute atomic E-state index is 10.1. The minimum atomic E-state index is -2.40. The van der Waals surface area contributed by atoms with Crippen molar-refractivity contribution in [3.05, 3.63) is 17.5 Å². The van der Waals surface area contributed by atoms with Crippen LogP contribution in [0.5, 0.6) is 0 Å². The van der Waals surface area contributed by atoms with Gasteiger partial charge in [0.1, 0.15) is 4.21 Å². The number of thiophene rings is 1. The molecule has 1 aromatic heterocycles. The Bertz CT molecular complexity index is 214. The molecule has 0 atom stereocenters. The van der Waals surface area contributed by atoms with E-state index in [4.69, 9.17) is 0 Å². The van der Waals surface area contributed by atoms with E-state index >= 15 is 0 Å². The number of rotatable bonds is 1. The lowest BCUT2D eigenvalue weighted by Gasteiger charge is -1.69. The van der Waals surface area contributed by atoms with E-state index < -0.39 is 10.7 Å². The molecule has 0 saturated carbocycles. The third-order valence-corrected chi connectivity index (χ3v) is 2.46. The van der Waals surface area contributed by atoms with Gasteiger partial charge >= 0.3 is 0 Å². The molecule has 4 heteroatoms. The summed E-state index contributed by atoms with van der Waals surface area (Å²) >= 11 is 1.18. The van der Waals surface area contributed by atoms with Crippen LogP contribution in [0.2, 0.25) is 0 Å². The molecule has 0 spiro atoms. The largest absolute Gasteiger partial charge is 0.226 e. The molecule has 1 radical (unpaired) electrons. The quantitative estimate of drug-likeness (QED) is 0.587. The monoisotopic (exact) mass is 147 g/mol. The van der Waals surface area contributed by atoms with Gasteiger partial charge in [-0.25, -0.2) is 8.42 Å². The highest BCUT2D eigenvalue weighted by atomic mass is 32.2. The first-order chi connectivity index (χ1) is 3.80. The summed E-state index contributed by atoms with van der Waals surface area (Å²) < 4.78 is 20.5. The molecule has 0 saturated heterocycles. The van der Waals surface area contributed by atoms with E-state index in [1.54, 1.807) is 11.4 Å². The summed E-state index contributed by atoms with van der Waals surface area (Å²) in [6, 6.07) is 4.15. The van der Waals surface area contributed by atoms with Crippen molar-refractivity contribution in [2.45, 2.75) is 4.21 Å². The number of hydrogen-bond acceptors (Lipinski definition) is 3. The summed E-state index contributed by atoms with van der Waals surface area (Å²) in [5, 5.41) is 1.68. The van der Waals surface area contributed by atoms with E-state index in [2.05, 4.69) is 6.07 Å². The number of thiol groups is 1. The third kappa shape index (κ3) is 1.08. The molecule has 1 aromatic rings. The molecule has 1 rings (SSSR count). The van der Waals surface area contributed by atoms with E-state index in [0.29, 0.717) is 4.21 Å². The first-order valence-corrected chi connectivity index (χ1v) is 3.96. The number of hydrogen-bond donors (Lipinski definition) is 1. The SMILES string of the molecule is O=[SH](=O)c1[c]ccs1. The third-order valence-electron chi connectivity index (χ3n) is 0.620. The van der Waals surface area contributed by atoms with Crippen LogP contribution in [-0.2, 0) is 10.7 Å². The Labute approximate surface area is 52.7 Å². The molecule has 0 amide bonds. The molecule has 0 N–H and O–H groups in total. The van der Waals surface area contributed by atoms with Crippen molar-refractivity contribution in [2.24, 2.45) is 0 Å². The van der Waals surface area contributed by atoms with Gasteiger partial charge in [0.25, 0.3) is 0 Å². The van der Waals surface area contributed by atoms with Crippen molar-refractivity contribution in [1.29, 1.82) is 0 Å². The molecular formula is C4H3O2S2. The minimum Gasteiger partial charge on any atom is -0.226 e. The molecule has 0 unspecified atom stereocenters. The van der Waals surface area contributed by atoms with Gasteiger partial charge in [-0.1, -0.05) is 0 Å². The Hall–Kier alpha value is -0.350. The van der Waals surface area contributed by atoms with Gasteiger partial charge in [-0.15, -0.1) is 11.3 Å². The second-order valence-electron chi connectivity index (χ2n) is 1.13. The van der Waals surface area contributed by atoms with Crippen LogP contribution in [0, 0.1) is 6.07 Å². The van der Waals surface area contributed by atoms with Gasteiger partial charge in [-0.3, -0.25) is 0 Å². The van der Waals surface area contributed by atoms with Crippen molar-refractivity contribution >= 4 is 22.0 Å². The van der Waals surface area contributed by atoms with Crippen molar-refractivity contribution < 1.29 is 8.42 Å². The standard InChI is InChI=1S/C4H3O2S2/c5-8(6)4-2-1-3-7-4/h1,3,8H. The highest BCUT2D eigenvalue weighted by molar-refractivity contribution is 7.75. The summed E-state index contributed by atoms with van der Waals surface area (Å²) in [4.78, 5) is 0. The van der Waals surface area contributed by atoms with Gasteiger partial charge in [0.15, 0.2) is 10.7 Å². The van der Waals surface area contributed by atoms with Crippen LogP contribution in [0.25, 0.3) is 0 Å². The Kier molecular flexibility index (Phi) is 1.65. The van der Waals surface area contributed by atoms with Crippen LogP contribution in [0.4, 0.5) is 0 Å². The lowest BCUT2D eigenvalue weighted by Crippen LogP contribution is -1.67. The molecule has 0 fully saturated rings. The highest BCUT2D eigenvalue weighted by Crippen LogP contribution is 2.07. The minimum absolute atomic E-state index is 0.306. The molecular weight excluding hydrogens is 144 g/mol. The van der Waals surface area contributed by atoms with E-state index in [1.807, 2.05) is 0 Å². The summed E-state index contributed by atoms with van der Waals surface area (Å²) in [5.74, 6) is 0. The molecule has 1 heterocycles. The lowest BCUT2D eigenvalue weighted by molar-refractivity contribution is 0.616. The van der Waals surface area contributed by atoms with Crippen molar-refractivity contribution in [3.8, 4) is 0 Å². The Morgan fingerprint density at radius 2 is 2.38 bits per heavy atom. The zero-order valence-corrected chi connectivity index (χ0v) is 5.54. The summed E-state index contributed by atoms with van der Waals surface area (Å²) in [6.45, 7) is 0.